The van der Waals surface area contributed by atoms with E-state index in [2.05, 4.69) is 19.9 Å². The van der Waals surface area contributed by atoms with Crippen molar-refractivity contribution in [1.29, 1.82) is 0 Å². The Morgan fingerprint density at radius 2 is 2.00 bits per heavy atom. The molecular formula is C19H21F2N7O. The van der Waals surface area contributed by atoms with Gasteiger partial charge in [0.1, 0.15) is 5.82 Å². The number of aromatic nitrogens is 4. The van der Waals surface area contributed by atoms with Crippen LogP contribution in [0.15, 0.2) is 18.5 Å². The van der Waals surface area contributed by atoms with E-state index in [1.807, 2.05) is 11.0 Å². The van der Waals surface area contributed by atoms with Crippen molar-refractivity contribution in [3.05, 3.63) is 18.5 Å². The predicted octanol–water partition coefficient (Wildman–Crippen LogP) is 1.73. The molecule has 0 aromatic carbocycles. The molecule has 152 valence electrons. The minimum Gasteiger partial charge on any atom is -0.374 e. The highest BCUT2D eigenvalue weighted by Gasteiger charge is 2.72. The first-order valence-electron chi connectivity index (χ1n) is 9.91. The molecule has 4 aliphatic rings. The molecule has 5 heterocycles. The second-order valence-corrected chi connectivity index (χ2v) is 8.57. The lowest BCUT2D eigenvalue weighted by atomic mass is 10.1. The van der Waals surface area contributed by atoms with Crippen LogP contribution in [-0.4, -0.2) is 64.2 Å². The first-order chi connectivity index (χ1) is 13.9. The van der Waals surface area contributed by atoms with Gasteiger partial charge in [-0.2, -0.15) is 4.98 Å². The molecule has 4 fully saturated rings. The standard InChI is InChI=1S/C19H21F2N7O/c20-19(21)9-18(19)1-2-27(10-18)17-25-14(11-5-23-16(22)24-6-11)4-15(26-17)28-7-13-3-12(28)8-29-13/h4-6,12-13H,1-3,7-10H2,(H2,22,23,24). The summed E-state index contributed by atoms with van der Waals surface area (Å²) >= 11 is 0. The zero-order valence-electron chi connectivity index (χ0n) is 15.8. The van der Waals surface area contributed by atoms with Gasteiger partial charge in [-0.05, 0) is 12.8 Å². The number of hydrogen-bond acceptors (Lipinski definition) is 8. The summed E-state index contributed by atoms with van der Waals surface area (Å²) in [6, 6.07) is 2.20. The second-order valence-electron chi connectivity index (χ2n) is 8.57. The third-order valence-electron chi connectivity index (χ3n) is 6.71. The normalized spacial score (nSPS) is 31.8. The van der Waals surface area contributed by atoms with Crippen LogP contribution in [0, 0.1) is 5.41 Å². The first-order valence-corrected chi connectivity index (χ1v) is 9.91. The van der Waals surface area contributed by atoms with Crippen LogP contribution in [0.5, 0.6) is 0 Å². The summed E-state index contributed by atoms with van der Waals surface area (Å²) < 4.78 is 33.5. The molecular weight excluding hydrogens is 380 g/mol. The van der Waals surface area contributed by atoms with E-state index in [9.17, 15) is 8.78 Å². The van der Waals surface area contributed by atoms with E-state index in [0.717, 1.165) is 24.3 Å². The van der Waals surface area contributed by atoms with Crippen LogP contribution < -0.4 is 15.5 Å². The van der Waals surface area contributed by atoms with E-state index in [-0.39, 0.29) is 31.1 Å². The number of rotatable bonds is 3. The Morgan fingerprint density at radius 3 is 2.62 bits per heavy atom. The van der Waals surface area contributed by atoms with Crippen molar-refractivity contribution < 1.29 is 13.5 Å². The van der Waals surface area contributed by atoms with Crippen molar-refractivity contribution in [2.75, 3.05) is 41.8 Å². The van der Waals surface area contributed by atoms with Crippen LogP contribution in [0.1, 0.15) is 19.3 Å². The Labute approximate surface area is 166 Å². The van der Waals surface area contributed by atoms with E-state index < -0.39 is 11.3 Å². The molecule has 29 heavy (non-hydrogen) atoms. The molecule has 0 amide bonds. The number of alkyl halides is 2. The number of morpholine rings is 1. The maximum absolute atomic E-state index is 13.9. The second kappa shape index (κ2) is 5.71. The van der Waals surface area contributed by atoms with Gasteiger partial charge >= 0.3 is 0 Å². The Morgan fingerprint density at radius 1 is 1.21 bits per heavy atom. The summed E-state index contributed by atoms with van der Waals surface area (Å²) in [7, 11) is 0. The van der Waals surface area contributed by atoms with Gasteiger partial charge in [-0.3, -0.25) is 0 Å². The smallest absolute Gasteiger partial charge is 0.256 e. The third kappa shape index (κ3) is 2.65. The Balaban J connectivity index is 1.38. The van der Waals surface area contributed by atoms with Crippen LogP contribution in [0.3, 0.4) is 0 Å². The molecule has 8 nitrogen and oxygen atoms in total. The maximum Gasteiger partial charge on any atom is 0.256 e. The lowest BCUT2D eigenvalue weighted by Gasteiger charge is -2.29. The maximum atomic E-state index is 13.9. The summed E-state index contributed by atoms with van der Waals surface area (Å²) in [6.07, 6.45) is 4.88. The molecule has 1 spiro atoms. The molecule has 2 aromatic heterocycles. The highest BCUT2D eigenvalue weighted by molar-refractivity contribution is 5.65. The Bertz CT molecular complexity index is 972. The molecule has 0 radical (unpaired) electrons. The van der Waals surface area contributed by atoms with Crippen LogP contribution >= 0.6 is 0 Å². The van der Waals surface area contributed by atoms with Crippen LogP contribution in [-0.2, 0) is 4.74 Å². The van der Waals surface area contributed by atoms with Crippen molar-refractivity contribution in [1.82, 2.24) is 19.9 Å². The average Bonchev–Trinajstić information content (AvgIpc) is 3.22. The zero-order valence-corrected chi connectivity index (χ0v) is 15.8. The van der Waals surface area contributed by atoms with Gasteiger partial charge < -0.3 is 20.3 Å². The number of hydrogen-bond donors (Lipinski definition) is 1. The number of ether oxygens (including phenoxy) is 1. The largest absolute Gasteiger partial charge is 0.374 e. The van der Waals surface area contributed by atoms with Gasteiger partial charge in [-0.15, -0.1) is 0 Å². The molecule has 3 aliphatic heterocycles. The van der Waals surface area contributed by atoms with E-state index in [1.165, 1.54) is 0 Å². The molecule has 2 aromatic rings. The number of halogens is 2. The van der Waals surface area contributed by atoms with Gasteiger partial charge in [-0.25, -0.2) is 23.7 Å². The number of nitrogen functional groups attached to an aromatic ring is 1. The fourth-order valence-corrected chi connectivity index (χ4v) is 4.88. The summed E-state index contributed by atoms with van der Waals surface area (Å²) in [5.74, 6) is -1.10. The van der Waals surface area contributed by atoms with Crippen molar-refractivity contribution in [2.24, 2.45) is 5.41 Å². The van der Waals surface area contributed by atoms with Gasteiger partial charge in [0, 0.05) is 50.1 Å². The van der Waals surface area contributed by atoms with E-state index in [0.29, 0.717) is 31.2 Å². The fourth-order valence-electron chi connectivity index (χ4n) is 4.88. The van der Waals surface area contributed by atoms with E-state index in [4.69, 9.17) is 15.5 Å². The highest BCUT2D eigenvalue weighted by Crippen LogP contribution is 2.65. The minimum absolute atomic E-state index is 0.0396. The lowest BCUT2D eigenvalue weighted by molar-refractivity contribution is 0.0710. The Kier molecular flexibility index (Phi) is 3.40. The molecule has 6 rings (SSSR count). The minimum atomic E-state index is -2.57. The van der Waals surface area contributed by atoms with Crippen molar-refractivity contribution in [3.8, 4) is 11.3 Å². The van der Waals surface area contributed by atoms with Gasteiger partial charge in [0.05, 0.1) is 29.9 Å². The molecule has 2 N–H and O–H groups in total. The molecule has 2 bridgehead atoms. The molecule has 1 aliphatic carbocycles. The van der Waals surface area contributed by atoms with Gasteiger partial charge in [-0.1, -0.05) is 0 Å². The summed E-state index contributed by atoms with van der Waals surface area (Å²) in [5, 5.41) is 0. The zero-order chi connectivity index (χ0) is 19.8. The van der Waals surface area contributed by atoms with Crippen molar-refractivity contribution >= 4 is 17.7 Å². The van der Waals surface area contributed by atoms with Crippen LogP contribution in [0.4, 0.5) is 26.5 Å². The molecule has 10 heteroatoms. The Hall–Kier alpha value is -2.62. The number of fused-ring (bicyclic) bond motifs is 2. The highest BCUT2D eigenvalue weighted by atomic mass is 19.3. The molecule has 3 atom stereocenters. The summed E-state index contributed by atoms with van der Waals surface area (Å²) in [4.78, 5) is 21.7. The third-order valence-corrected chi connectivity index (χ3v) is 6.71. The van der Waals surface area contributed by atoms with E-state index in [1.54, 1.807) is 12.4 Å². The van der Waals surface area contributed by atoms with Crippen molar-refractivity contribution in [3.63, 3.8) is 0 Å². The van der Waals surface area contributed by atoms with E-state index >= 15 is 0 Å². The summed E-state index contributed by atoms with van der Waals surface area (Å²) in [6.45, 7) is 2.28. The van der Waals surface area contributed by atoms with Crippen LogP contribution in [0.2, 0.25) is 0 Å². The fraction of sp³-hybridized carbons (Fsp3) is 0.579. The van der Waals surface area contributed by atoms with Crippen LogP contribution in [0.25, 0.3) is 11.3 Å². The number of anilines is 3. The lowest BCUT2D eigenvalue weighted by Crippen LogP contribution is -2.38. The topological polar surface area (TPSA) is 93.3 Å². The number of nitrogens with zero attached hydrogens (tertiary/aromatic N) is 6. The first kappa shape index (κ1) is 17.3. The quantitative estimate of drug-likeness (QED) is 0.831. The van der Waals surface area contributed by atoms with Gasteiger partial charge in [0.2, 0.25) is 11.9 Å². The predicted molar refractivity (Wildman–Crippen MR) is 102 cm³/mol. The molecule has 1 saturated carbocycles. The molecule has 3 unspecified atom stereocenters. The number of nitrogens with two attached hydrogens (primary N) is 1. The van der Waals surface area contributed by atoms with Gasteiger partial charge in [0.15, 0.2) is 0 Å². The SMILES string of the molecule is Nc1ncc(-c2cc(N3CC4CC3CO4)nc(N3CCC4(C3)CC4(F)F)n2)cn1. The average molecular weight is 401 g/mol. The molecule has 3 saturated heterocycles. The monoisotopic (exact) mass is 401 g/mol. The van der Waals surface area contributed by atoms with Gasteiger partial charge in [0.25, 0.3) is 5.92 Å². The summed E-state index contributed by atoms with van der Waals surface area (Å²) in [5.41, 5.74) is 6.09. The van der Waals surface area contributed by atoms with Crippen molar-refractivity contribution in [2.45, 2.75) is 37.3 Å².